The number of H-pyrrole nitrogens is 1. The van der Waals surface area contributed by atoms with Crippen molar-refractivity contribution in [3.05, 3.63) is 101 Å². The lowest BCUT2D eigenvalue weighted by Gasteiger charge is -2.34. The number of urea groups is 1. The van der Waals surface area contributed by atoms with E-state index in [1.807, 2.05) is 87.6 Å². The second-order valence-electron chi connectivity index (χ2n) is 12.3. The first-order chi connectivity index (χ1) is 22.1. The number of halogens is 1. The molecule has 2 unspecified atom stereocenters. The van der Waals surface area contributed by atoms with Crippen molar-refractivity contribution >= 4 is 34.4 Å². The number of benzene rings is 3. The summed E-state index contributed by atoms with van der Waals surface area (Å²) in [6.45, 7) is 5.86. The fourth-order valence-electron chi connectivity index (χ4n) is 6.27. The van der Waals surface area contributed by atoms with E-state index in [1.165, 1.54) is 12.1 Å². The van der Waals surface area contributed by atoms with E-state index >= 15 is 0 Å². The molecule has 1 aliphatic heterocycles. The Balaban J connectivity index is 1.40. The van der Waals surface area contributed by atoms with Gasteiger partial charge in [0.05, 0.1) is 11.3 Å². The number of rotatable bonds is 10. The molecule has 3 aromatic carbocycles. The molecule has 1 aromatic heterocycles. The summed E-state index contributed by atoms with van der Waals surface area (Å²) in [6, 6.07) is 18.6. The molecule has 2 heterocycles. The summed E-state index contributed by atoms with van der Waals surface area (Å²) >= 11 is 0. The summed E-state index contributed by atoms with van der Waals surface area (Å²) in [5.74, 6) is -1.15. The van der Waals surface area contributed by atoms with Gasteiger partial charge in [-0.1, -0.05) is 43.3 Å². The minimum absolute atomic E-state index is 0.232. The van der Waals surface area contributed by atoms with Gasteiger partial charge in [0.2, 0.25) is 5.91 Å². The molecular weight excluding hydrogens is 583 g/mol. The molecule has 46 heavy (non-hydrogen) atoms. The van der Waals surface area contributed by atoms with Gasteiger partial charge in [-0.2, -0.15) is 0 Å². The molecule has 5 rings (SSSR count). The topological polar surface area (TPSA) is 110 Å². The van der Waals surface area contributed by atoms with Gasteiger partial charge >= 0.3 is 6.03 Å². The number of anilines is 1. The quantitative estimate of drug-likeness (QED) is 0.178. The SMILES string of the molecule is CCNC(=O)c1ccc(CN(C)C)cc1NC(=O)C(NC(=O)N1CCC(c2ccc(F)cc2)CC1)C(C)c1c[nH]c2ccccc12. The van der Waals surface area contributed by atoms with Crippen LogP contribution in [0.3, 0.4) is 0 Å². The summed E-state index contributed by atoms with van der Waals surface area (Å²) in [7, 11) is 3.90. The smallest absolute Gasteiger partial charge is 0.318 e. The van der Waals surface area contributed by atoms with Crippen LogP contribution >= 0.6 is 0 Å². The Bertz CT molecular complexity index is 1680. The molecule has 1 saturated heterocycles. The van der Waals surface area contributed by atoms with Crippen LogP contribution in [0.2, 0.25) is 0 Å². The predicted octanol–water partition coefficient (Wildman–Crippen LogP) is 5.82. The molecule has 0 spiro atoms. The number of para-hydroxylation sites is 1. The third-order valence-electron chi connectivity index (χ3n) is 8.72. The van der Waals surface area contributed by atoms with Gasteiger partial charge < -0.3 is 30.7 Å². The Morgan fingerprint density at radius 3 is 2.43 bits per heavy atom. The molecule has 0 radical (unpaired) electrons. The van der Waals surface area contributed by atoms with E-state index in [4.69, 9.17) is 0 Å². The van der Waals surface area contributed by atoms with Crippen molar-refractivity contribution in [2.45, 2.75) is 51.1 Å². The van der Waals surface area contributed by atoms with Crippen LogP contribution in [0.5, 0.6) is 0 Å². The van der Waals surface area contributed by atoms with Crippen LogP contribution in [-0.4, -0.2) is 72.4 Å². The van der Waals surface area contributed by atoms with E-state index in [0.29, 0.717) is 37.4 Å². The highest BCUT2D eigenvalue weighted by Crippen LogP contribution is 2.31. The van der Waals surface area contributed by atoms with Crippen LogP contribution in [-0.2, 0) is 11.3 Å². The Kier molecular flexibility index (Phi) is 10.4. The van der Waals surface area contributed by atoms with Gasteiger partial charge in [-0.05, 0) is 86.8 Å². The Morgan fingerprint density at radius 1 is 1.02 bits per heavy atom. The third kappa shape index (κ3) is 7.56. The van der Waals surface area contributed by atoms with Crippen molar-refractivity contribution in [2.24, 2.45) is 0 Å². The van der Waals surface area contributed by atoms with Gasteiger partial charge in [0, 0.05) is 49.2 Å². The number of likely N-dealkylation sites (tertiary alicyclic amines) is 1. The first kappa shape index (κ1) is 32.7. The highest BCUT2D eigenvalue weighted by atomic mass is 19.1. The van der Waals surface area contributed by atoms with E-state index in [2.05, 4.69) is 20.9 Å². The van der Waals surface area contributed by atoms with Crippen LogP contribution in [0.25, 0.3) is 10.9 Å². The molecule has 2 atom stereocenters. The average Bonchev–Trinajstić information content (AvgIpc) is 3.48. The van der Waals surface area contributed by atoms with E-state index in [1.54, 1.807) is 11.0 Å². The summed E-state index contributed by atoms with van der Waals surface area (Å²) in [6.07, 6.45) is 3.36. The van der Waals surface area contributed by atoms with Crippen molar-refractivity contribution in [1.29, 1.82) is 0 Å². The fourth-order valence-corrected chi connectivity index (χ4v) is 6.27. The number of piperidine rings is 1. The van der Waals surface area contributed by atoms with E-state index in [9.17, 15) is 18.8 Å². The summed E-state index contributed by atoms with van der Waals surface area (Å²) in [4.78, 5) is 47.9. The van der Waals surface area contributed by atoms with Crippen molar-refractivity contribution in [2.75, 3.05) is 39.0 Å². The molecule has 0 aliphatic carbocycles. The minimum atomic E-state index is -0.943. The van der Waals surface area contributed by atoms with Crippen LogP contribution in [0.4, 0.5) is 14.9 Å². The van der Waals surface area contributed by atoms with E-state index in [0.717, 1.165) is 40.4 Å². The maximum atomic E-state index is 14.2. The zero-order chi connectivity index (χ0) is 32.8. The number of aromatic nitrogens is 1. The Hall–Kier alpha value is -4.70. The number of nitrogens with one attached hydrogen (secondary N) is 4. The van der Waals surface area contributed by atoms with E-state index < -0.39 is 17.9 Å². The van der Waals surface area contributed by atoms with Gasteiger partial charge in [-0.25, -0.2) is 9.18 Å². The number of aromatic amines is 1. The van der Waals surface area contributed by atoms with Crippen LogP contribution in [0.15, 0.2) is 72.9 Å². The second kappa shape index (κ2) is 14.6. The number of carbonyl (C=O) groups is 3. The molecule has 4 amide bonds. The van der Waals surface area contributed by atoms with Gasteiger partial charge in [-0.3, -0.25) is 9.59 Å². The highest BCUT2D eigenvalue weighted by Gasteiger charge is 2.33. The maximum absolute atomic E-state index is 14.2. The number of amides is 4. The normalized spacial score (nSPS) is 15.0. The standard InChI is InChI=1S/C36H43FN6O3/c1-5-38-34(44)29-15-10-24(22-42(3)4)20-32(29)40-35(45)33(23(2)30-21-39-31-9-7-6-8-28(30)31)41-36(46)43-18-16-26(17-19-43)25-11-13-27(37)14-12-25/h6-15,20-21,23,26,33,39H,5,16-19,22H2,1-4H3,(H,38,44)(H,40,45)(H,41,46). The number of hydrogen-bond donors (Lipinski definition) is 4. The first-order valence-electron chi connectivity index (χ1n) is 15.9. The summed E-state index contributed by atoms with van der Waals surface area (Å²) in [5.41, 5.74) is 4.57. The minimum Gasteiger partial charge on any atom is -0.361 e. The molecule has 0 saturated carbocycles. The summed E-state index contributed by atoms with van der Waals surface area (Å²) < 4.78 is 13.4. The van der Waals surface area contributed by atoms with Gasteiger partial charge in [0.15, 0.2) is 0 Å². The lowest BCUT2D eigenvalue weighted by Crippen LogP contribution is -2.53. The van der Waals surface area contributed by atoms with Crippen LogP contribution in [0.1, 0.15) is 65.6 Å². The van der Waals surface area contributed by atoms with Crippen LogP contribution in [0, 0.1) is 5.82 Å². The number of hydrogen-bond acceptors (Lipinski definition) is 4. The number of carbonyl (C=O) groups excluding carboxylic acids is 3. The lowest BCUT2D eigenvalue weighted by atomic mass is 9.89. The molecule has 1 aliphatic rings. The van der Waals surface area contributed by atoms with Crippen molar-refractivity contribution in [3.8, 4) is 0 Å². The zero-order valence-corrected chi connectivity index (χ0v) is 26.9. The van der Waals surface area contributed by atoms with Crippen molar-refractivity contribution in [3.63, 3.8) is 0 Å². The Morgan fingerprint density at radius 2 is 1.74 bits per heavy atom. The highest BCUT2D eigenvalue weighted by molar-refractivity contribution is 6.06. The average molecular weight is 627 g/mol. The Labute approximate surface area is 269 Å². The zero-order valence-electron chi connectivity index (χ0n) is 26.9. The molecule has 1 fully saturated rings. The first-order valence-corrected chi connectivity index (χ1v) is 15.9. The molecule has 10 heteroatoms. The largest absolute Gasteiger partial charge is 0.361 e. The monoisotopic (exact) mass is 626 g/mol. The molecule has 4 aromatic rings. The molecule has 0 bridgehead atoms. The van der Waals surface area contributed by atoms with E-state index in [-0.39, 0.29) is 23.7 Å². The van der Waals surface area contributed by atoms with Crippen molar-refractivity contribution in [1.82, 2.24) is 25.4 Å². The molecule has 4 N–H and O–H groups in total. The fraction of sp³-hybridized carbons (Fsp3) is 0.361. The lowest BCUT2D eigenvalue weighted by molar-refractivity contribution is -0.118. The van der Waals surface area contributed by atoms with Crippen LogP contribution < -0.4 is 16.0 Å². The molecule has 242 valence electrons. The predicted molar refractivity (Wildman–Crippen MR) is 179 cm³/mol. The third-order valence-corrected chi connectivity index (χ3v) is 8.72. The summed E-state index contributed by atoms with van der Waals surface area (Å²) in [5, 5.41) is 9.84. The maximum Gasteiger partial charge on any atom is 0.318 e. The van der Waals surface area contributed by atoms with Crippen molar-refractivity contribution < 1.29 is 18.8 Å². The van der Waals surface area contributed by atoms with Gasteiger partial charge in [-0.15, -0.1) is 0 Å². The number of fused-ring (bicyclic) bond motifs is 1. The number of nitrogens with zero attached hydrogens (tertiary/aromatic N) is 2. The second-order valence-corrected chi connectivity index (χ2v) is 12.3. The molecular formula is C36H43FN6O3. The van der Waals surface area contributed by atoms with Gasteiger partial charge in [0.1, 0.15) is 11.9 Å². The van der Waals surface area contributed by atoms with Gasteiger partial charge in [0.25, 0.3) is 5.91 Å². The molecule has 9 nitrogen and oxygen atoms in total.